The molecule has 0 bridgehead atoms. The van der Waals surface area contributed by atoms with Crippen molar-refractivity contribution in [1.29, 1.82) is 0 Å². The zero-order valence-electron chi connectivity index (χ0n) is 16.2. The van der Waals surface area contributed by atoms with Crippen LogP contribution in [0.25, 0.3) is 17.1 Å². The molecule has 0 spiro atoms. The predicted molar refractivity (Wildman–Crippen MR) is 115 cm³/mol. The van der Waals surface area contributed by atoms with Gasteiger partial charge in [0.25, 0.3) is 0 Å². The Balaban J connectivity index is 0.000000315. The zero-order chi connectivity index (χ0) is 22.2. The summed E-state index contributed by atoms with van der Waals surface area (Å²) in [5, 5.41) is 0. The van der Waals surface area contributed by atoms with Crippen LogP contribution >= 0.6 is 18.8 Å². The first kappa shape index (κ1) is 26.8. The Kier molecular flexibility index (Phi) is 14.7. The molecule has 2 aromatic heterocycles. The van der Waals surface area contributed by atoms with Crippen LogP contribution < -0.4 is 4.57 Å². The maximum absolute atomic E-state index is 4.61. The molecule has 2 heterocycles. The van der Waals surface area contributed by atoms with Crippen molar-refractivity contribution in [2.45, 2.75) is 6.42 Å². The average molecular weight is 801 g/mol. The van der Waals surface area contributed by atoms with Crippen LogP contribution in [0.1, 0.15) is 5.56 Å². The first-order valence-corrected chi connectivity index (χ1v) is 14.4. The molecule has 0 amide bonds. The first-order valence-electron chi connectivity index (χ1n) is 8.74. The Bertz CT molecular complexity index is 949. The Morgan fingerprint density at radius 3 is 2.27 bits per heavy atom. The van der Waals surface area contributed by atoms with Crippen LogP contribution in [0, 0.1) is 19.3 Å². The monoisotopic (exact) mass is 799 g/mol. The summed E-state index contributed by atoms with van der Waals surface area (Å²) in [6, 6.07) is 27.2. The first-order chi connectivity index (χ1) is 14.8. The molecule has 0 unspecified atom stereocenters. The standard InChI is InChI=1S/C15H12N3.C8H9.2ClH.2Pt/c1-17-10-11-18(12-17)15-9-5-8-14(16-15)13-6-3-2-4-7-13;1-2-8-6-4-3-5-7-8;;;;/h2-6,8-11H,1H3;3-7H,1-2H2;2*1H;;/q2*-1;;;+1;+2/p-2. The van der Waals surface area contributed by atoms with Gasteiger partial charge in [-0.25, -0.2) is 0 Å². The number of nitrogens with zero attached hydrogens (tertiary/aromatic N) is 3. The molecule has 30 heavy (non-hydrogen) atoms. The number of aryl methyl sites for hydroxylation is 1. The number of rotatable bonds is 3. The molecule has 4 aromatic rings. The fraction of sp³-hybridized carbons (Fsp3) is 0.0870. The molecule has 2 aromatic carbocycles. The van der Waals surface area contributed by atoms with Crippen molar-refractivity contribution in [3.05, 3.63) is 110 Å². The summed E-state index contributed by atoms with van der Waals surface area (Å²) in [6.45, 7) is 3.76. The quantitative estimate of drug-likeness (QED) is 0.201. The van der Waals surface area contributed by atoms with Crippen LogP contribution in [0.5, 0.6) is 0 Å². The van der Waals surface area contributed by atoms with Crippen molar-refractivity contribution in [2.75, 3.05) is 0 Å². The Labute approximate surface area is 209 Å². The van der Waals surface area contributed by atoms with Gasteiger partial charge in [0.1, 0.15) is 5.82 Å². The van der Waals surface area contributed by atoms with E-state index >= 15 is 0 Å². The van der Waals surface area contributed by atoms with E-state index in [2.05, 4.69) is 55.3 Å². The van der Waals surface area contributed by atoms with Crippen LogP contribution in [-0.2, 0) is 51.0 Å². The molecule has 3 nitrogen and oxygen atoms in total. The number of imidazole rings is 1. The molecule has 0 aliphatic heterocycles. The van der Waals surface area contributed by atoms with Crippen molar-refractivity contribution < 1.29 is 42.1 Å². The Morgan fingerprint density at radius 1 is 1.03 bits per heavy atom. The van der Waals surface area contributed by atoms with Crippen molar-refractivity contribution in [3.8, 4) is 17.1 Å². The van der Waals surface area contributed by atoms with Gasteiger partial charge in [-0.2, -0.15) is 6.42 Å². The minimum atomic E-state index is 0.852. The molecule has 7 heteroatoms. The second-order valence-electron chi connectivity index (χ2n) is 5.77. The van der Waals surface area contributed by atoms with Gasteiger partial charge in [-0.05, 0) is 11.8 Å². The maximum atomic E-state index is 4.61. The summed E-state index contributed by atoms with van der Waals surface area (Å²) >= 11 is 3.22. The molecule has 0 N–H and O–H groups in total. The molecule has 0 aliphatic carbocycles. The number of halogens is 2. The van der Waals surface area contributed by atoms with Crippen molar-refractivity contribution in [1.82, 2.24) is 9.55 Å². The van der Waals surface area contributed by atoms with E-state index in [1.807, 2.05) is 89.2 Å². The SMILES string of the molecule is C[n+]1[c-]n(-c2cccc(-c3[c-]cccc3)n2)cc1.[CH2-]Cc1ccccc1.[Cl][Pt+].[Cl][Pt]. The van der Waals surface area contributed by atoms with E-state index in [1.165, 1.54) is 5.56 Å². The van der Waals surface area contributed by atoms with Gasteiger partial charge >= 0.3 is 56.4 Å². The van der Waals surface area contributed by atoms with E-state index in [0.29, 0.717) is 0 Å². The minimum absolute atomic E-state index is 0.852. The molecule has 0 aliphatic rings. The summed E-state index contributed by atoms with van der Waals surface area (Å²) in [4.78, 5) is 4.61. The van der Waals surface area contributed by atoms with Crippen LogP contribution in [0.15, 0.2) is 85.2 Å². The number of benzene rings is 2. The molecular weight excluding hydrogens is 779 g/mol. The Morgan fingerprint density at radius 2 is 1.73 bits per heavy atom. The second-order valence-corrected chi connectivity index (χ2v) is 5.77. The van der Waals surface area contributed by atoms with E-state index in [9.17, 15) is 0 Å². The van der Waals surface area contributed by atoms with Gasteiger partial charge < -0.3 is 21.0 Å². The molecule has 4 rings (SSSR count). The van der Waals surface area contributed by atoms with Gasteiger partial charge in [0.2, 0.25) is 6.33 Å². The van der Waals surface area contributed by atoms with Gasteiger partial charge in [0.05, 0.1) is 7.05 Å². The van der Waals surface area contributed by atoms with Crippen molar-refractivity contribution in [2.24, 2.45) is 7.05 Å². The summed E-state index contributed by atoms with van der Waals surface area (Å²) in [6.07, 6.45) is 7.89. The third-order valence-corrected chi connectivity index (χ3v) is 3.80. The van der Waals surface area contributed by atoms with E-state index in [0.717, 1.165) is 23.5 Å². The van der Waals surface area contributed by atoms with Crippen LogP contribution in [0.2, 0.25) is 0 Å². The summed E-state index contributed by atoms with van der Waals surface area (Å²) in [7, 11) is 11.2. The normalized spacial score (nSPS) is 9.20. The number of pyridine rings is 1. The van der Waals surface area contributed by atoms with Crippen molar-refractivity contribution >= 4 is 18.8 Å². The van der Waals surface area contributed by atoms with E-state index in [4.69, 9.17) is 0 Å². The summed E-state index contributed by atoms with van der Waals surface area (Å²) in [5.74, 6) is 0.852. The summed E-state index contributed by atoms with van der Waals surface area (Å²) < 4.78 is 3.73. The van der Waals surface area contributed by atoms with E-state index in [1.54, 1.807) is 37.5 Å². The van der Waals surface area contributed by atoms with Crippen LogP contribution in [0.3, 0.4) is 0 Å². The van der Waals surface area contributed by atoms with Gasteiger partial charge in [0.15, 0.2) is 0 Å². The second kappa shape index (κ2) is 16.4. The molecule has 0 fully saturated rings. The van der Waals surface area contributed by atoms with Gasteiger partial charge in [-0.3, -0.25) is 0 Å². The third kappa shape index (κ3) is 9.27. The van der Waals surface area contributed by atoms with E-state index < -0.39 is 0 Å². The molecule has 0 radical (unpaired) electrons. The van der Waals surface area contributed by atoms with Crippen molar-refractivity contribution in [3.63, 3.8) is 0 Å². The summed E-state index contributed by atoms with van der Waals surface area (Å²) in [5.41, 5.74) is 3.21. The fourth-order valence-corrected chi connectivity index (χ4v) is 2.44. The van der Waals surface area contributed by atoms with Gasteiger partial charge in [-0.1, -0.05) is 48.0 Å². The molecule has 0 saturated carbocycles. The van der Waals surface area contributed by atoms with E-state index in [-0.39, 0.29) is 0 Å². The number of hydrogen-bond acceptors (Lipinski definition) is 1. The number of hydrogen-bond donors (Lipinski definition) is 0. The molecule has 0 saturated heterocycles. The zero-order valence-corrected chi connectivity index (χ0v) is 22.3. The number of aromatic nitrogens is 3. The topological polar surface area (TPSA) is 21.7 Å². The molecule has 163 valence electrons. The average Bonchev–Trinajstić information content (AvgIpc) is 3.29. The van der Waals surface area contributed by atoms with Gasteiger partial charge in [-0.15, -0.1) is 35.9 Å². The molecular formula is C23H21Cl2N3Pt2-. The predicted octanol–water partition coefficient (Wildman–Crippen LogP) is 5.40. The van der Waals surface area contributed by atoms with Gasteiger partial charge in [0, 0.05) is 12.4 Å². The van der Waals surface area contributed by atoms with Crippen LogP contribution in [-0.4, -0.2) is 9.55 Å². The Hall–Kier alpha value is -1.24. The fourth-order valence-electron chi connectivity index (χ4n) is 2.44. The molecule has 0 atom stereocenters. The van der Waals surface area contributed by atoms with Crippen LogP contribution in [0.4, 0.5) is 0 Å². The third-order valence-electron chi connectivity index (χ3n) is 3.80.